The molecule has 2 aliphatic heterocycles. The number of ether oxygens (including phenoxy) is 1. The maximum Gasteiger partial charge on any atom is 0.318 e. The van der Waals surface area contributed by atoms with E-state index in [4.69, 9.17) is 26.3 Å². The molecule has 0 radical (unpaired) electrons. The summed E-state index contributed by atoms with van der Waals surface area (Å²) < 4.78 is 6.40. The van der Waals surface area contributed by atoms with E-state index < -0.39 is 0 Å². The van der Waals surface area contributed by atoms with Crippen molar-refractivity contribution in [2.24, 2.45) is 0 Å². The summed E-state index contributed by atoms with van der Waals surface area (Å²) >= 11 is 6.56. The summed E-state index contributed by atoms with van der Waals surface area (Å²) in [4.78, 5) is 30.9. The first kappa shape index (κ1) is 28.2. The molecule has 40 heavy (non-hydrogen) atoms. The van der Waals surface area contributed by atoms with Gasteiger partial charge in [-0.05, 0) is 51.6 Å². The van der Waals surface area contributed by atoms with Gasteiger partial charge in [0.05, 0.1) is 47.0 Å². The lowest BCUT2D eigenvalue weighted by molar-refractivity contribution is -0.128. The number of rotatable bonds is 8. The summed E-state index contributed by atoms with van der Waals surface area (Å²) in [7, 11) is 4.24. The SMILES string of the molecule is C=CC(=O)N1CCN(c2nc(OCC3(N(C)C)CCCC3)nc3c2CCN(c2ccccc2Cl)C3)C[C@@H]1CC#N. The van der Waals surface area contributed by atoms with Crippen LogP contribution in [0.1, 0.15) is 43.4 Å². The van der Waals surface area contributed by atoms with Crippen LogP contribution in [0.3, 0.4) is 0 Å². The second-order valence-corrected chi connectivity index (χ2v) is 11.6. The molecule has 0 N–H and O–H groups in total. The number of benzene rings is 1. The lowest BCUT2D eigenvalue weighted by Crippen LogP contribution is -2.55. The van der Waals surface area contributed by atoms with E-state index in [2.05, 4.69) is 41.4 Å². The van der Waals surface area contributed by atoms with E-state index in [-0.39, 0.29) is 23.9 Å². The number of likely N-dealkylation sites (N-methyl/N-ethyl adjacent to an activating group) is 1. The van der Waals surface area contributed by atoms with E-state index in [1.807, 2.05) is 24.3 Å². The Morgan fingerprint density at radius 3 is 2.70 bits per heavy atom. The van der Waals surface area contributed by atoms with Gasteiger partial charge in [0.1, 0.15) is 12.4 Å². The van der Waals surface area contributed by atoms with Crippen molar-refractivity contribution in [3.05, 3.63) is 53.2 Å². The van der Waals surface area contributed by atoms with Gasteiger partial charge in [-0.3, -0.25) is 4.79 Å². The Bertz CT molecular complexity index is 1290. The molecule has 212 valence electrons. The average molecular weight is 564 g/mol. The fourth-order valence-corrected chi connectivity index (χ4v) is 6.57. The zero-order chi connectivity index (χ0) is 28.3. The van der Waals surface area contributed by atoms with Gasteiger partial charge in [-0.2, -0.15) is 15.2 Å². The van der Waals surface area contributed by atoms with Crippen LogP contribution in [0.4, 0.5) is 11.5 Å². The van der Waals surface area contributed by atoms with Crippen molar-refractivity contribution in [1.82, 2.24) is 19.8 Å². The zero-order valence-corrected chi connectivity index (χ0v) is 24.2. The van der Waals surface area contributed by atoms with E-state index in [1.54, 1.807) is 4.90 Å². The van der Waals surface area contributed by atoms with Gasteiger partial charge in [-0.15, -0.1) is 0 Å². The van der Waals surface area contributed by atoms with Crippen LogP contribution in [-0.4, -0.2) is 84.1 Å². The Kier molecular flexibility index (Phi) is 8.48. The highest BCUT2D eigenvalue weighted by Gasteiger charge is 2.38. The molecule has 1 saturated carbocycles. The van der Waals surface area contributed by atoms with Crippen LogP contribution < -0.4 is 14.5 Å². The van der Waals surface area contributed by atoms with Crippen LogP contribution in [0, 0.1) is 11.3 Å². The standard InChI is InChI=1S/C30H38ClN7O2/c1-4-27(39)38-18-17-37(19-22(38)11-15-32)28-23-12-16-36(26-10-6-5-9-24(26)31)20-25(23)33-29(34-28)40-21-30(35(2)3)13-7-8-14-30/h4-6,9-10,22H,1,7-8,11-14,16-21H2,2-3H3/t22-/m0/s1. The number of para-hydroxylation sites is 1. The van der Waals surface area contributed by atoms with Crippen LogP contribution >= 0.6 is 11.6 Å². The maximum atomic E-state index is 12.5. The third-order valence-corrected chi connectivity index (χ3v) is 9.06. The largest absolute Gasteiger partial charge is 0.461 e. The summed E-state index contributed by atoms with van der Waals surface area (Å²) in [6, 6.07) is 10.3. The third-order valence-electron chi connectivity index (χ3n) is 8.74. The maximum absolute atomic E-state index is 12.5. The van der Waals surface area contributed by atoms with Crippen molar-refractivity contribution in [2.45, 2.75) is 56.7 Å². The molecule has 3 aliphatic rings. The number of carbonyl (C=O) groups excluding carboxylic acids is 1. The second-order valence-electron chi connectivity index (χ2n) is 11.2. The lowest BCUT2D eigenvalue weighted by Gasteiger charge is -2.42. The number of fused-ring (bicyclic) bond motifs is 1. The van der Waals surface area contributed by atoms with E-state index >= 15 is 0 Å². The van der Waals surface area contributed by atoms with Gasteiger partial charge < -0.3 is 24.3 Å². The molecule has 0 spiro atoms. The van der Waals surface area contributed by atoms with E-state index in [9.17, 15) is 10.1 Å². The normalized spacial score (nSPS) is 20.3. The first-order valence-corrected chi connectivity index (χ1v) is 14.5. The monoisotopic (exact) mass is 563 g/mol. The molecule has 1 aromatic carbocycles. The Hall–Kier alpha value is -3.35. The number of nitriles is 1. The minimum absolute atomic E-state index is 0.0163. The molecule has 10 heteroatoms. The average Bonchev–Trinajstić information content (AvgIpc) is 3.46. The molecule has 1 aromatic heterocycles. The Labute approximate surface area is 242 Å². The van der Waals surface area contributed by atoms with Crippen LogP contribution in [-0.2, 0) is 17.8 Å². The molecule has 1 atom stereocenters. The van der Waals surface area contributed by atoms with Crippen molar-refractivity contribution in [1.29, 1.82) is 5.26 Å². The fourth-order valence-electron chi connectivity index (χ4n) is 6.32. The predicted octanol–water partition coefficient (Wildman–Crippen LogP) is 4.06. The van der Waals surface area contributed by atoms with Gasteiger partial charge in [-0.25, -0.2) is 0 Å². The van der Waals surface area contributed by atoms with Crippen molar-refractivity contribution >= 4 is 29.0 Å². The van der Waals surface area contributed by atoms with Gasteiger partial charge in [-0.1, -0.05) is 43.2 Å². The van der Waals surface area contributed by atoms with Crippen molar-refractivity contribution in [3.63, 3.8) is 0 Å². The summed E-state index contributed by atoms with van der Waals surface area (Å²) in [6.45, 7) is 7.19. The predicted molar refractivity (Wildman–Crippen MR) is 157 cm³/mol. The van der Waals surface area contributed by atoms with Gasteiger partial charge in [0.2, 0.25) is 5.91 Å². The molecule has 2 fully saturated rings. The smallest absolute Gasteiger partial charge is 0.318 e. The van der Waals surface area contributed by atoms with Crippen molar-refractivity contribution in [3.8, 4) is 12.1 Å². The number of hydrogen-bond donors (Lipinski definition) is 0. The Balaban J connectivity index is 1.47. The lowest BCUT2D eigenvalue weighted by atomic mass is 9.97. The van der Waals surface area contributed by atoms with Crippen molar-refractivity contribution in [2.75, 3.05) is 56.7 Å². The number of piperazine rings is 1. The first-order valence-electron chi connectivity index (χ1n) is 14.1. The topological polar surface area (TPSA) is 88.8 Å². The molecule has 9 nitrogen and oxygen atoms in total. The number of aromatic nitrogens is 2. The quantitative estimate of drug-likeness (QED) is 0.444. The zero-order valence-electron chi connectivity index (χ0n) is 23.5. The second kappa shape index (κ2) is 12.0. The van der Waals surface area contributed by atoms with E-state index in [0.717, 1.165) is 48.6 Å². The molecule has 2 aromatic rings. The third kappa shape index (κ3) is 5.61. The molecule has 0 bridgehead atoms. The van der Waals surface area contributed by atoms with E-state index in [0.29, 0.717) is 43.8 Å². The minimum Gasteiger partial charge on any atom is -0.461 e. The summed E-state index contributed by atoms with van der Waals surface area (Å²) in [5, 5.41) is 10.2. The summed E-state index contributed by atoms with van der Waals surface area (Å²) in [5.41, 5.74) is 2.99. The number of hydrogen-bond acceptors (Lipinski definition) is 8. The van der Waals surface area contributed by atoms with Crippen molar-refractivity contribution < 1.29 is 9.53 Å². The highest BCUT2D eigenvalue weighted by Crippen LogP contribution is 2.36. The van der Waals surface area contributed by atoms with Crippen LogP contribution in [0.15, 0.2) is 36.9 Å². The molecule has 5 rings (SSSR count). The van der Waals surface area contributed by atoms with Gasteiger partial charge in [0.25, 0.3) is 0 Å². The number of amides is 1. The highest BCUT2D eigenvalue weighted by molar-refractivity contribution is 6.33. The molecule has 3 heterocycles. The molecule has 0 unspecified atom stereocenters. The van der Waals surface area contributed by atoms with Gasteiger partial charge in [0, 0.05) is 31.7 Å². The molecular formula is C30H38ClN7O2. The van der Waals surface area contributed by atoms with Gasteiger partial charge in [0.15, 0.2) is 0 Å². The molecule has 1 amide bonds. The summed E-state index contributed by atoms with van der Waals surface area (Å²) in [5.74, 6) is 0.701. The molecule has 1 aliphatic carbocycles. The van der Waals surface area contributed by atoms with E-state index in [1.165, 1.54) is 18.9 Å². The van der Waals surface area contributed by atoms with Crippen LogP contribution in [0.2, 0.25) is 5.02 Å². The van der Waals surface area contributed by atoms with Crippen LogP contribution in [0.5, 0.6) is 6.01 Å². The highest BCUT2D eigenvalue weighted by atomic mass is 35.5. The number of halogens is 1. The molecule has 1 saturated heterocycles. The Morgan fingerprint density at radius 1 is 1.23 bits per heavy atom. The number of nitrogens with zero attached hydrogens (tertiary/aromatic N) is 7. The fraction of sp³-hybridized carbons (Fsp3) is 0.533. The minimum atomic E-state index is -0.238. The van der Waals surface area contributed by atoms with Crippen LogP contribution in [0.25, 0.3) is 0 Å². The number of anilines is 2. The molecular weight excluding hydrogens is 526 g/mol. The van der Waals surface area contributed by atoms with Gasteiger partial charge >= 0.3 is 6.01 Å². The first-order chi connectivity index (χ1) is 19.3. The number of carbonyl (C=O) groups is 1. The summed E-state index contributed by atoms with van der Waals surface area (Å²) in [6.07, 6.45) is 6.90. The Morgan fingerprint density at radius 2 is 2.00 bits per heavy atom.